The molecule has 0 fully saturated rings. The molecule has 1 heterocycles. The van der Waals surface area contributed by atoms with Crippen LogP contribution in [0.3, 0.4) is 0 Å². The van der Waals surface area contributed by atoms with E-state index in [1.54, 1.807) is 13.3 Å². The van der Waals surface area contributed by atoms with E-state index in [1.165, 1.54) is 0 Å². The number of hydrogen-bond donors (Lipinski definition) is 1. The van der Waals surface area contributed by atoms with E-state index in [4.69, 9.17) is 16.3 Å². The summed E-state index contributed by atoms with van der Waals surface area (Å²) in [5.74, 6) is 1.42. The second-order valence-electron chi connectivity index (χ2n) is 4.41. The summed E-state index contributed by atoms with van der Waals surface area (Å²) in [6.07, 6.45) is 1.77. The number of ether oxygens (including phenoxy) is 1. The van der Waals surface area contributed by atoms with Crippen LogP contribution in [0, 0.1) is 6.92 Å². The van der Waals surface area contributed by atoms with Gasteiger partial charge in [0.15, 0.2) is 0 Å². The molecule has 1 aromatic heterocycles. The van der Waals surface area contributed by atoms with Crippen molar-refractivity contribution in [3.63, 3.8) is 0 Å². The molecule has 1 N–H and O–H groups in total. The Bertz CT molecular complexity index is 589. The lowest BCUT2D eigenvalue weighted by Gasteiger charge is -2.19. The Morgan fingerprint density at radius 1 is 1.35 bits per heavy atom. The number of rotatable bonds is 5. The van der Waals surface area contributed by atoms with Gasteiger partial charge in [-0.05, 0) is 37.2 Å². The second-order valence-corrected chi connectivity index (χ2v) is 4.82. The fourth-order valence-electron chi connectivity index (χ4n) is 2.09. The summed E-state index contributed by atoms with van der Waals surface area (Å²) in [7, 11) is 1.61. The Morgan fingerprint density at radius 2 is 2.15 bits per heavy atom. The van der Waals surface area contributed by atoms with Gasteiger partial charge in [0.25, 0.3) is 0 Å². The van der Waals surface area contributed by atoms with E-state index >= 15 is 0 Å². The molecule has 0 spiro atoms. The summed E-state index contributed by atoms with van der Waals surface area (Å²) < 4.78 is 5.28. The third-order valence-corrected chi connectivity index (χ3v) is 3.32. The lowest BCUT2D eigenvalue weighted by Crippen LogP contribution is -2.23. The fraction of sp³-hybridized carbons (Fsp3) is 0.333. The summed E-state index contributed by atoms with van der Waals surface area (Å²) in [6.45, 7) is 4.78. The minimum Gasteiger partial charge on any atom is -0.495 e. The zero-order valence-corrected chi connectivity index (χ0v) is 12.6. The van der Waals surface area contributed by atoms with Crippen LogP contribution in [0.15, 0.2) is 30.5 Å². The van der Waals surface area contributed by atoms with Crippen molar-refractivity contribution in [2.24, 2.45) is 0 Å². The Kier molecular flexibility index (Phi) is 4.93. The minimum absolute atomic E-state index is 0.00660. The number of aromatic nitrogens is 2. The molecular formula is C15H18ClN3O. The summed E-state index contributed by atoms with van der Waals surface area (Å²) in [5, 5.41) is 4.03. The van der Waals surface area contributed by atoms with E-state index in [0.717, 1.165) is 23.6 Å². The van der Waals surface area contributed by atoms with Crippen LogP contribution < -0.4 is 10.1 Å². The number of benzene rings is 1. The van der Waals surface area contributed by atoms with Gasteiger partial charge in [-0.1, -0.05) is 24.6 Å². The second kappa shape index (κ2) is 6.68. The van der Waals surface area contributed by atoms with Crippen LogP contribution in [-0.4, -0.2) is 23.6 Å². The highest BCUT2D eigenvalue weighted by atomic mass is 35.5. The van der Waals surface area contributed by atoms with Crippen molar-refractivity contribution in [1.82, 2.24) is 15.3 Å². The molecule has 2 aromatic rings. The van der Waals surface area contributed by atoms with Crippen LogP contribution in [0.5, 0.6) is 5.75 Å². The summed E-state index contributed by atoms with van der Waals surface area (Å²) in [5.41, 5.74) is 2.00. The average Bonchev–Trinajstić information content (AvgIpc) is 2.45. The van der Waals surface area contributed by atoms with E-state index in [9.17, 15) is 0 Å². The van der Waals surface area contributed by atoms with Crippen molar-refractivity contribution in [3.8, 4) is 5.75 Å². The Morgan fingerprint density at radius 3 is 2.80 bits per heavy atom. The maximum atomic E-state index is 6.08. The molecule has 106 valence electrons. The topological polar surface area (TPSA) is 47.0 Å². The zero-order valence-electron chi connectivity index (χ0n) is 11.9. The predicted octanol–water partition coefficient (Wildman–Crippen LogP) is 3.15. The monoisotopic (exact) mass is 291 g/mol. The van der Waals surface area contributed by atoms with E-state index in [0.29, 0.717) is 10.8 Å². The molecule has 1 aromatic carbocycles. The molecule has 1 unspecified atom stereocenters. The Labute approximate surface area is 124 Å². The number of halogens is 1. The van der Waals surface area contributed by atoms with Gasteiger partial charge in [-0.3, -0.25) is 0 Å². The zero-order chi connectivity index (χ0) is 14.5. The van der Waals surface area contributed by atoms with Crippen LogP contribution in [0.25, 0.3) is 0 Å². The maximum Gasteiger partial charge on any atom is 0.137 e. The van der Waals surface area contributed by atoms with Crippen LogP contribution in [0.2, 0.25) is 5.02 Å². The lowest BCUT2D eigenvalue weighted by atomic mass is 10.0. The summed E-state index contributed by atoms with van der Waals surface area (Å²) in [6, 6.07) is 7.67. The first-order valence-corrected chi connectivity index (χ1v) is 6.90. The first kappa shape index (κ1) is 14.8. The molecule has 0 amide bonds. The van der Waals surface area contributed by atoms with E-state index in [1.807, 2.05) is 31.2 Å². The smallest absolute Gasteiger partial charge is 0.137 e. The van der Waals surface area contributed by atoms with Crippen molar-refractivity contribution in [3.05, 3.63) is 52.6 Å². The first-order valence-electron chi connectivity index (χ1n) is 6.52. The fourth-order valence-corrected chi connectivity index (χ4v) is 2.28. The molecule has 0 saturated carbocycles. The molecule has 2 rings (SSSR count). The Hall–Kier alpha value is -1.65. The van der Waals surface area contributed by atoms with Crippen LogP contribution in [0.4, 0.5) is 0 Å². The van der Waals surface area contributed by atoms with Gasteiger partial charge in [-0.15, -0.1) is 0 Å². The van der Waals surface area contributed by atoms with Crippen LogP contribution in [-0.2, 0) is 0 Å². The highest BCUT2D eigenvalue weighted by Crippen LogP contribution is 2.29. The van der Waals surface area contributed by atoms with E-state index in [2.05, 4.69) is 22.2 Å². The van der Waals surface area contributed by atoms with Gasteiger partial charge in [-0.25, -0.2) is 9.97 Å². The number of methoxy groups -OCH3 is 1. The van der Waals surface area contributed by atoms with Crippen molar-refractivity contribution in [2.75, 3.05) is 13.7 Å². The number of hydrogen-bond acceptors (Lipinski definition) is 4. The summed E-state index contributed by atoms with van der Waals surface area (Å²) in [4.78, 5) is 8.64. The molecule has 5 heteroatoms. The van der Waals surface area contributed by atoms with Gasteiger partial charge < -0.3 is 10.1 Å². The predicted molar refractivity (Wildman–Crippen MR) is 80.3 cm³/mol. The quantitative estimate of drug-likeness (QED) is 0.919. The molecule has 4 nitrogen and oxygen atoms in total. The highest BCUT2D eigenvalue weighted by Gasteiger charge is 2.16. The number of aryl methyl sites for hydroxylation is 1. The van der Waals surface area contributed by atoms with Gasteiger partial charge in [0.2, 0.25) is 0 Å². The molecule has 0 saturated heterocycles. The SMILES string of the molecule is CCNC(c1ccc(Cl)c(OC)c1)c1ccnc(C)n1. The van der Waals surface area contributed by atoms with Crippen LogP contribution in [0.1, 0.15) is 30.0 Å². The first-order chi connectivity index (χ1) is 9.65. The van der Waals surface area contributed by atoms with Crippen molar-refractivity contribution in [2.45, 2.75) is 19.9 Å². The Balaban J connectivity index is 2.42. The number of nitrogens with zero attached hydrogens (tertiary/aromatic N) is 2. The standard InChI is InChI=1S/C15H18ClN3O/c1-4-17-15(13-7-8-18-10(2)19-13)11-5-6-12(16)14(9-11)20-3/h5-9,15,17H,4H2,1-3H3. The molecule has 0 aliphatic heterocycles. The van der Waals surface area contributed by atoms with Crippen molar-refractivity contribution in [1.29, 1.82) is 0 Å². The van der Waals surface area contributed by atoms with Crippen LogP contribution >= 0.6 is 11.6 Å². The maximum absolute atomic E-state index is 6.08. The number of nitrogens with one attached hydrogen (secondary N) is 1. The normalized spacial score (nSPS) is 12.2. The largest absolute Gasteiger partial charge is 0.495 e. The molecule has 0 radical (unpaired) electrons. The molecule has 0 bridgehead atoms. The molecule has 0 aliphatic rings. The molecule has 20 heavy (non-hydrogen) atoms. The van der Waals surface area contributed by atoms with Gasteiger partial charge in [0.05, 0.1) is 23.9 Å². The molecule has 1 atom stereocenters. The lowest BCUT2D eigenvalue weighted by molar-refractivity contribution is 0.414. The average molecular weight is 292 g/mol. The minimum atomic E-state index is -0.00660. The highest BCUT2D eigenvalue weighted by molar-refractivity contribution is 6.32. The third kappa shape index (κ3) is 3.26. The van der Waals surface area contributed by atoms with Gasteiger partial charge in [0, 0.05) is 6.20 Å². The van der Waals surface area contributed by atoms with E-state index in [-0.39, 0.29) is 6.04 Å². The van der Waals surface area contributed by atoms with Gasteiger partial charge in [-0.2, -0.15) is 0 Å². The summed E-state index contributed by atoms with van der Waals surface area (Å²) >= 11 is 6.08. The van der Waals surface area contributed by atoms with E-state index < -0.39 is 0 Å². The van der Waals surface area contributed by atoms with Crippen molar-refractivity contribution >= 4 is 11.6 Å². The van der Waals surface area contributed by atoms with Gasteiger partial charge >= 0.3 is 0 Å². The van der Waals surface area contributed by atoms with Gasteiger partial charge in [0.1, 0.15) is 11.6 Å². The van der Waals surface area contributed by atoms with Crippen molar-refractivity contribution < 1.29 is 4.74 Å². The molecular weight excluding hydrogens is 274 g/mol. The molecule has 0 aliphatic carbocycles. The third-order valence-electron chi connectivity index (χ3n) is 3.01.